The number of benzene rings is 2. The number of nitrogens with one attached hydrogen (secondary N) is 1. The molecule has 2 aromatic rings. The zero-order valence-electron chi connectivity index (χ0n) is 20.5. The van der Waals surface area contributed by atoms with Gasteiger partial charge in [-0.25, -0.2) is 4.79 Å². The van der Waals surface area contributed by atoms with E-state index in [2.05, 4.69) is 5.32 Å². The van der Waals surface area contributed by atoms with Crippen LogP contribution in [0.3, 0.4) is 0 Å². The third-order valence-corrected chi connectivity index (χ3v) is 5.19. The molecule has 0 spiro atoms. The second-order valence-electron chi connectivity index (χ2n) is 7.82. The molecule has 10 heteroatoms. The predicted octanol–water partition coefficient (Wildman–Crippen LogP) is 4.00. The minimum absolute atomic E-state index is 0. The van der Waals surface area contributed by atoms with Crippen molar-refractivity contribution in [1.82, 2.24) is 5.32 Å². The van der Waals surface area contributed by atoms with Crippen LogP contribution in [0.25, 0.3) is 12.2 Å². The molecule has 0 aromatic heterocycles. The summed E-state index contributed by atoms with van der Waals surface area (Å²) in [5.41, 5.74) is 8.18. The van der Waals surface area contributed by atoms with Crippen LogP contribution in [-0.4, -0.2) is 51.1 Å². The van der Waals surface area contributed by atoms with Crippen molar-refractivity contribution in [1.29, 1.82) is 0 Å². The molecular weight excluding hydrogens is 476 g/mol. The molecule has 1 atom stereocenters. The Bertz CT molecular complexity index is 1020. The Morgan fingerprint density at radius 1 is 1.03 bits per heavy atom. The van der Waals surface area contributed by atoms with Crippen molar-refractivity contribution in [3.05, 3.63) is 47.0 Å². The van der Waals surface area contributed by atoms with Gasteiger partial charge in [-0.1, -0.05) is 32.1 Å². The smallest absolute Gasteiger partial charge is 0.497 e. The summed E-state index contributed by atoms with van der Waals surface area (Å²) >= 11 is 0. The van der Waals surface area contributed by atoms with Gasteiger partial charge in [-0.2, -0.15) is 0 Å². The summed E-state index contributed by atoms with van der Waals surface area (Å²) in [6.45, 7) is 4.02. The average molecular weight is 509 g/mol. The van der Waals surface area contributed by atoms with Gasteiger partial charge in [0.25, 0.3) is 0 Å². The lowest BCUT2D eigenvalue weighted by molar-refractivity contribution is -0.123. The van der Waals surface area contributed by atoms with E-state index in [4.69, 9.17) is 29.8 Å². The molecule has 2 rings (SSSR count). The van der Waals surface area contributed by atoms with Crippen LogP contribution in [0.4, 0.5) is 4.79 Å². The van der Waals surface area contributed by atoms with Crippen LogP contribution < -0.4 is 30.0 Å². The second kappa shape index (κ2) is 14.1. The summed E-state index contributed by atoms with van der Waals surface area (Å²) in [6.07, 6.45) is 2.64. The highest BCUT2D eigenvalue weighted by atomic mass is 35.5. The number of carboxylic acid groups (broad SMARTS) is 1. The van der Waals surface area contributed by atoms with E-state index in [9.17, 15) is 9.59 Å². The largest absolute Gasteiger partial charge is 0.511 e. The maximum atomic E-state index is 12.3. The summed E-state index contributed by atoms with van der Waals surface area (Å²) < 4.78 is 21.0. The van der Waals surface area contributed by atoms with Gasteiger partial charge in [0, 0.05) is 18.2 Å². The molecule has 0 aliphatic heterocycles. The third-order valence-electron chi connectivity index (χ3n) is 5.19. The van der Waals surface area contributed by atoms with Crippen LogP contribution in [-0.2, 0) is 11.2 Å². The number of ether oxygens (including phenoxy) is 4. The molecule has 192 valence electrons. The van der Waals surface area contributed by atoms with Gasteiger partial charge in [-0.3, -0.25) is 4.79 Å². The maximum Gasteiger partial charge on any atom is 0.511 e. The summed E-state index contributed by atoms with van der Waals surface area (Å²) in [5, 5.41) is 11.9. The highest BCUT2D eigenvalue weighted by molar-refractivity contribution is 5.85. The number of methoxy groups -OCH3 is 3. The average Bonchev–Trinajstić information content (AvgIpc) is 2.82. The molecular formula is C25H33ClN2O7. The summed E-state index contributed by atoms with van der Waals surface area (Å²) in [7, 11) is 4.58. The molecule has 1 amide bonds. The van der Waals surface area contributed by atoms with Crippen molar-refractivity contribution in [2.24, 2.45) is 11.7 Å². The van der Waals surface area contributed by atoms with Crippen LogP contribution >= 0.6 is 12.4 Å². The highest BCUT2D eigenvalue weighted by Crippen LogP contribution is 2.35. The fourth-order valence-electron chi connectivity index (χ4n) is 3.28. The van der Waals surface area contributed by atoms with Crippen molar-refractivity contribution in [3.63, 3.8) is 0 Å². The molecule has 9 nitrogen and oxygen atoms in total. The van der Waals surface area contributed by atoms with E-state index < -0.39 is 12.2 Å². The van der Waals surface area contributed by atoms with Gasteiger partial charge >= 0.3 is 6.16 Å². The molecule has 35 heavy (non-hydrogen) atoms. The van der Waals surface area contributed by atoms with E-state index in [0.29, 0.717) is 23.5 Å². The minimum Gasteiger partial charge on any atom is -0.497 e. The number of amides is 1. The Kier molecular flexibility index (Phi) is 11.9. The molecule has 0 saturated carbocycles. The quantitative estimate of drug-likeness (QED) is 0.236. The molecule has 0 saturated heterocycles. The Balaban J connectivity index is 0.00000612. The molecule has 0 bridgehead atoms. The summed E-state index contributed by atoms with van der Waals surface area (Å²) in [4.78, 5) is 23.4. The number of hydrogen-bond donors (Lipinski definition) is 3. The fourth-order valence-corrected chi connectivity index (χ4v) is 3.28. The van der Waals surface area contributed by atoms with Crippen LogP contribution in [0.2, 0.25) is 0 Å². The number of carbonyl (C=O) groups is 2. The zero-order valence-corrected chi connectivity index (χ0v) is 21.3. The second-order valence-corrected chi connectivity index (χ2v) is 7.82. The Morgan fingerprint density at radius 2 is 1.66 bits per heavy atom. The fraction of sp³-hybridized carbons (Fsp3) is 0.360. The van der Waals surface area contributed by atoms with E-state index >= 15 is 0 Å². The minimum atomic E-state index is -1.45. The van der Waals surface area contributed by atoms with Gasteiger partial charge in [0.1, 0.15) is 11.5 Å². The van der Waals surface area contributed by atoms with Gasteiger partial charge in [-0.15, -0.1) is 12.4 Å². The van der Waals surface area contributed by atoms with Crippen molar-refractivity contribution >= 4 is 36.6 Å². The molecule has 1 unspecified atom stereocenters. The van der Waals surface area contributed by atoms with E-state index in [1.807, 2.05) is 38.1 Å². The van der Waals surface area contributed by atoms with Crippen molar-refractivity contribution < 1.29 is 33.6 Å². The van der Waals surface area contributed by atoms with Crippen LogP contribution in [0, 0.1) is 5.92 Å². The van der Waals surface area contributed by atoms with Crippen molar-refractivity contribution in [2.75, 3.05) is 27.9 Å². The maximum absolute atomic E-state index is 12.3. The van der Waals surface area contributed by atoms with E-state index in [-0.39, 0.29) is 42.3 Å². The molecule has 0 heterocycles. The van der Waals surface area contributed by atoms with Gasteiger partial charge in [0.15, 0.2) is 11.5 Å². The van der Waals surface area contributed by atoms with E-state index in [0.717, 1.165) is 11.1 Å². The number of rotatable bonds is 11. The lowest BCUT2D eigenvalue weighted by Gasteiger charge is -2.18. The van der Waals surface area contributed by atoms with Crippen LogP contribution in [0.5, 0.6) is 23.0 Å². The molecule has 0 radical (unpaired) electrons. The Hall–Kier alpha value is -3.43. The predicted molar refractivity (Wildman–Crippen MR) is 137 cm³/mol. The third kappa shape index (κ3) is 8.38. The topological polar surface area (TPSA) is 129 Å². The first-order valence-corrected chi connectivity index (χ1v) is 10.7. The number of halogens is 1. The first kappa shape index (κ1) is 29.6. The van der Waals surface area contributed by atoms with Gasteiger partial charge in [0.05, 0.1) is 27.4 Å². The van der Waals surface area contributed by atoms with Gasteiger partial charge < -0.3 is 35.1 Å². The monoisotopic (exact) mass is 508 g/mol. The van der Waals surface area contributed by atoms with E-state index in [1.54, 1.807) is 26.4 Å². The summed E-state index contributed by atoms with van der Waals surface area (Å²) in [5.74, 6) is 1.37. The summed E-state index contributed by atoms with van der Waals surface area (Å²) in [6, 6.07) is 8.11. The molecule has 0 fully saturated rings. The van der Waals surface area contributed by atoms with Gasteiger partial charge in [0.2, 0.25) is 5.91 Å². The SMILES string of the molecule is COc1cc(/C=C/c2ccc(OC(=O)O)c(OC)c2CCNC(=O)C(N)C(C)C)cc(OC)c1.Cl. The standard InChI is InChI=1S/C25H32N2O7.ClH/c1-15(2)22(26)24(28)27-11-10-20-17(8-9-21(23(20)33-5)34-25(29)30)7-6-16-12-18(31-3)14-19(13-16)32-4;/h6-9,12-15,22H,10-11,26H2,1-5H3,(H,27,28)(H,29,30);1H/b7-6+;. The highest BCUT2D eigenvalue weighted by Gasteiger charge is 2.19. The molecule has 4 N–H and O–H groups in total. The van der Waals surface area contributed by atoms with Crippen LogP contribution in [0.15, 0.2) is 30.3 Å². The Labute approximate surface area is 211 Å². The number of carbonyl (C=O) groups excluding carboxylic acids is 1. The Morgan fingerprint density at radius 3 is 2.17 bits per heavy atom. The normalized spacial score (nSPS) is 11.5. The number of hydrogen-bond acceptors (Lipinski definition) is 7. The van der Waals surface area contributed by atoms with E-state index in [1.165, 1.54) is 13.2 Å². The number of nitrogens with two attached hydrogens (primary N) is 1. The molecule has 0 aliphatic rings. The zero-order chi connectivity index (χ0) is 25.3. The van der Waals surface area contributed by atoms with Crippen molar-refractivity contribution in [3.8, 4) is 23.0 Å². The van der Waals surface area contributed by atoms with Gasteiger partial charge in [-0.05, 0) is 41.7 Å². The lowest BCUT2D eigenvalue weighted by atomic mass is 10.0. The van der Waals surface area contributed by atoms with Crippen LogP contribution in [0.1, 0.15) is 30.5 Å². The lowest BCUT2D eigenvalue weighted by Crippen LogP contribution is -2.44. The first-order valence-electron chi connectivity index (χ1n) is 10.7. The first-order chi connectivity index (χ1) is 16.2. The molecule has 2 aromatic carbocycles. The molecule has 0 aliphatic carbocycles. The van der Waals surface area contributed by atoms with Crippen molar-refractivity contribution in [2.45, 2.75) is 26.3 Å².